The fourth-order valence-corrected chi connectivity index (χ4v) is 4.67. The van der Waals surface area contributed by atoms with Crippen LogP contribution in [0.5, 0.6) is 0 Å². The molecular formula is C20H20N4O4S2. The zero-order valence-electron chi connectivity index (χ0n) is 16.0. The molecule has 0 bridgehead atoms. The maximum Gasteiger partial charge on any atom is 0.322 e. The number of carbonyl (C=O) groups is 1. The molecule has 156 valence electrons. The Morgan fingerprint density at radius 3 is 2.43 bits per heavy atom. The van der Waals surface area contributed by atoms with Gasteiger partial charge in [-0.15, -0.1) is 29.6 Å². The average molecular weight is 445 g/mol. The normalized spacial score (nSPS) is 11.4. The van der Waals surface area contributed by atoms with Crippen molar-refractivity contribution in [3.8, 4) is 0 Å². The van der Waals surface area contributed by atoms with Crippen molar-refractivity contribution < 1.29 is 17.6 Å². The van der Waals surface area contributed by atoms with Crippen LogP contribution in [0.4, 0.5) is 6.01 Å². The molecule has 1 amide bonds. The van der Waals surface area contributed by atoms with Crippen molar-refractivity contribution >= 4 is 33.3 Å². The second-order valence-corrected chi connectivity index (χ2v) is 9.11. The summed E-state index contributed by atoms with van der Waals surface area (Å²) in [5.74, 6) is -0.0990. The highest BCUT2D eigenvalue weighted by Gasteiger charge is 2.23. The summed E-state index contributed by atoms with van der Waals surface area (Å²) >= 11 is 1.57. The number of nitrogens with one attached hydrogen (secondary N) is 1. The summed E-state index contributed by atoms with van der Waals surface area (Å²) in [6, 6.07) is 9.45. The number of amides is 1. The van der Waals surface area contributed by atoms with Gasteiger partial charge in [0.15, 0.2) is 0 Å². The lowest BCUT2D eigenvalue weighted by Gasteiger charge is -2.19. The van der Waals surface area contributed by atoms with E-state index in [1.165, 1.54) is 40.7 Å². The van der Waals surface area contributed by atoms with Gasteiger partial charge in [0.25, 0.3) is 5.91 Å². The highest BCUT2D eigenvalue weighted by atomic mass is 32.2. The molecule has 0 unspecified atom stereocenters. The SMILES string of the molecule is C=CCN(CC=C)S(=O)(=O)c1ccc(C(=O)Nc2nnc(Cc3cccs3)o2)cc1. The Morgan fingerprint density at radius 1 is 1.13 bits per heavy atom. The number of sulfonamides is 1. The molecule has 0 aliphatic heterocycles. The first-order valence-corrected chi connectivity index (χ1v) is 11.2. The molecule has 0 radical (unpaired) electrons. The lowest BCUT2D eigenvalue weighted by molar-refractivity contribution is 0.102. The summed E-state index contributed by atoms with van der Waals surface area (Å²) in [4.78, 5) is 13.6. The van der Waals surface area contributed by atoms with E-state index >= 15 is 0 Å². The predicted octanol–water partition coefficient (Wildman–Crippen LogP) is 3.34. The van der Waals surface area contributed by atoms with Gasteiger partial charge in [0.1, 0.15) is 0 Å². The van der Waals surface area contributed by atoms with Gasteiger partial charge in [-0.3, -0.25) is 10.1 Å². The highest BCUT2D eigenvalue weighted by Crippen LogP contribution is 2.18. The van der Waals surface area contributed by atoms with Crippen LogP contribution in [0.3, 0.4) is 0 Å². The lowest BCUT2D eigenvalue weighted by Crippen LogP contribution is -2.31. The average Bonchev–Trinajstić information content (AvgIpc) is 3.40. The zero-order chi connectivity index (χ0) is 21.6. The van der Waals surface area contributed by atoms with Crippen LogP contribution in [-0.2, 0) is 16.4 Å². The number of thiophene rings is 1. The summed E-state index contributed by atoms with van der Waals surface area (Å²) < 4.78 is 32.1. The maximum absolute atomic E-state index is 12.7. The molecule has 0 saturated carbocycles. The van der Waals surface area contributed by atoms with E-state index in [9.17, 15) is 13.2 Å². The van der Waals surface area contributed by atoms with Gasteiger partial charge in [0.05, 0.1) is 11.3 Å². The molecule has 3 rings (SSSR count). The number of hydrogen-bond acceptors (Lipinski definition) is 7. The van der Waals surface area contributed by atoms with E-state index in [0.29, 0.717) is 12.3 Å². The van der Waals surface area contributed by atoms with Crippen LogP contribution in [0.15, 0.2) is 76.4 Å². The molecule has 2 aromatic heterocycles. The summed E-state index contributed by atoms with van der Waals surface area (Å²) in [5, 5.41) is 12.2. The van der Waals surface area contributed by atoms with Crippen LogP contribution >= 0.6 is 11.3 Å². The first-order chi connectivity index (χ1) is 14.4. The second-order valence-electron chi connectivity index (χ2n) is 6.13. The van der Waals surface area contributed by atoms with Crippen molar-refractivity contribution in [3.63, 3.8) is 0 Å². The van der Waals surface area contributed by atoms with Gasteiger partial charge >= 0.3 is 6.01 Å². The van der Waals surface area contributed by atoms with Crippen LogP contribution < -0.4 is 5.32 Å². The van der Waals surface area contributed by atoms with E-state index in [0.717, 1.165) is 4.88 Å². The van der Waals surface area contributed by atoms with Crippen molar-refractivity contribution in [3.05, 3.63) is 83.4 Å². The van der Waals surface area contributed by atoms with Crippen LogP contribution in [0.2, 0.25) is 0 Å². The quantitative estimate of drug-likeness (QED) is 0.481. The minimum Gasteiger partial charge on any atom is -0.407 e. The molecule has 8 nitrogen and oxygen atoms in total. The minimum absolute atomic E-state index is 0.0219. The van der Waals surface area contributed by atoms with Crippen molar-refractivity contribution in [1.82, 2.24) is 14.5 Å². The van der Waals surface area contributed by atoms with Crippen LogP contribution in [0, 0.1) is 0 Å². The maximum atomic E-state index is 12.7. The number of benzene rings is 1. The first-order valence-electron chi connectivity index (χ1n) is 8.92. The first kappa shape index (κ1) is 21.6. The van der Waals surface area contributed by atoms with Gasteiger partial charge in [-0.05, 0) is 35.7 Å². The Balaban J connectivity index is 1.68. The molecule has 0 aliphatic rings. The smallest absolute Gasteiger partial charge is 0.322 e. The van der Waals surface area contributed by atoms with Gasteiger partial charge < -0.3 is 4.42 Å². The van der Waals surface area contributed by atoms with Crippen LogP contribution in [0.1, 0.15) is 21.1 Å². The minimum atomic E-state index is -3.73. The monoisotopic (exact) mass is 444 g/mol. The molecule has 3 aromatic rings. The number of rotatable bonds is 10. The molecule has 10 heteroatoms. The molecule has 0 atom stereocenters. The van der Waals surface area contributed by atoms with Crippen LogP contribution in [-0.4, -0.2) is 41.9 Å². The number of hydrogen-bond donors (Lipinski definition) is 1. The standard InChI is InChI=1S/C20H20N4O4S2/c1-3-11-24(12-4-2)30(26,27)17-9-7-15(8-10-17)19(25)21-20-23-22-18(28-20)14-16-6-5-13-29-16/h3-10,13H,1-2,11-12,14H2,(H,21,23,25). The van der Waals surface area contributed by atoms with E-state index in [1.807, 2.05) is 17.5 Å². The Morgan fingerprint density at radius 2 is 1.83 bits per heavy atom. The third-order valence-corrected chi connectivity index (χ3v) is 6.73. The molecule has 0 saturated heterocycles. The largest absolute Gasteiger partial charge is 0.407 e. The number of nitrogens with zero attached hydrogens (tertiary/aromatic N) is 3. The van der Waals surface area contributed by atoms with Gasteiger partial charge in [0, 0.05) is 23.5 Å². The van der Waals surface area contributed by atoms with E-state index in [4.69, 9.17) is 4.42 Å². The number of anilines is 1. The summed E-state index contributed by atoms with van der Waals surface area (Å²) in [6.07, 6.45) is 3.49. The lowest BCUT2D eigenvalue weighted by atomic mass is 10.2. The van der Waals surface area contributed by atoms with Crippen molar-refractivity contribution in [2.24, 2.45) is 0 Å². The molecule has 1 N–H and O–H groups in total. The van der Waals surface area contributed by atoms with E-state index in [1.54, 1.807) is 11.3 Å². The molecule has 0 spiro atoms. The molecular weight excluding hydrogens is 424 g/mol. The number of aromatic nitrogens is 2. The summed E-state index contributed by atoms with van der Waals surface area (Å²) in [7, 11) is -3.73. The Kier molecular flexibility index (Phi) is 6.93. The fraction of sp³-hybridized carbons (Fsp3) is 0.150. The Bertz CT molecular complexity index is 1110. The molecule has 1 aromatic carbocycles. The van der Waals surface area contributed by atoms with Gasteiger partial charge in [-0.25, -0.2) is 8.42 Å². The van der Waals surface area contributed by atoms with E-state index in [-0.39, 0.29) is 29.6 Å². The van der Waals surface area contributed by atoms with Crippen molar-refractivity contribution in [2.45, 2.75) is 11.3 Å². The van der Waals surface area contributed by atoms with Gasteiger partial charge in [-0.1, -0.05) is 23.3 Å². The Hall–Kier alpha value is -3.08. The second kappa shape index (κ2) is 9.61. The van der Waals surface area contributed by atoms with Crippen molar-refractivity contribution in [1.29, 1.82) is 0 Å². The van der Waals surface area contributed by atoms with Gasteiger partial charge in [0.2, 0.25) is 15.9 Å². The molecule has 0 fully saturated rings. The van der Waals surface area contributed by atoms with Crippen molar-refractivity contribution in [2.75, 3.05) is 18.4 Å². The van der Waals surface area contributed by atoms with E-state index in [2.05, 4.69) is 28.7 Å². The zero-order valence-corrected chi connectivity index (χ0v) is 17.7. The van der Waals surface area contributed by atoms with Gasteiger partial charge in [-0.2, -0.15) is 4.31 Å². The fourth-order valence-electron chi connectivity index (χ4n) is 2.59. The Labute approximate surface area is 178 Å². The molecule has 0 aliphatic carbocycles. The third-order valence-electron chi connectivity index (χ3n) is 4.01. The topological polar surface area (TPSA) is 105 Å². The molecule has 2 heterocycles. The molecule has 30 heavy (non-hydrogen) atoms. The van der Waals surface area contributed by atoms with E-state index < -0.39 is 15.9 Å². The third kappa shape index (κ3) is 5.09. The summed E-state index contributed by atoms with van der Waals surface area (Å²) in [6.45, 7) is 7.46. The number of carbonyl (C=O) groups excluding carboxylic acids is 1. The summed E-state index contributed by atoms with van der Waals surface area (Å²) in [5.41, 5.74) is 0.256. The predicted molar refractivity (Wildman–Crippen MR) is 115 cm³/mol. The highest BCUT2D eigenvalue weighted by molar-refractivity contribution is 7.89. The van der Waals surface area contributed by atoms with Crippen LogP contribution in [0.25, 0.3) is 0 Å².